The van der Waals surface area contributed by atoms with Crippen LogP contribution in [0.1, 0.15) is 28.7 Å². The first-order chi connectivity index (χ1) is 14.6. The van der Waals surface area contributed by atoms with Crippen LogP contribution >= 0.6 is 23.4 Å². The number of fused-ring (bicyclic) bond motifs is 1. The molecule has 0 fully saturated rings. The van der Waals surface area contributed by atoms with Gasteiger partial charge in [0.2, 0.25) is 11.0 Å². The molecule has 3 heterocycles. The van der Waals surface area contributed by atoms with Crippen LogP contribution in [-0.2, 0) is 0 Å². The first kappa shape index (κ1) is 18.8. The van der Waals surface area contributed by atoms with Crippen molar-refractivity contribution in [3.63, 3.8) is 0 Å². The van der Waals surface area contributed by atoms with Gasteiger partial charge in [-0.3, -0.25) is 0 Å². The predicted molar refractivity (Wildman–Crippen MR) is 113 cm³/mol. The first-order valence-electron chi connectivity index (χ1n) is 9.14. The van der Waals surface area contributed by atoms with E-state index in [2.05, 4.69) is 15.3 Å². The molecule has 4 aromatic rings. The molecule has 2 aromatic heterocycles. The maximum Gasteiger partial charge on any atom is 0.441 e. The summed E-state index contributed by atoms with van der Waals surface area (Å²) in [6.07, 6.45) is 2.29. The Morgan fingerprint density at radius 3 is 2.60 bits per heavy atom. The lowest BCUT2D eigenvalue weighted by Crippen LogP contribution is -2.13. The summed E-state index contributed by atoms with van der Waals surface area (Å²) in [5, 5.41) is 18.5. The molecule has 8 nitrogen and oxygen atoms in total. The van der Waals surface area contributed by atoms with Crippen LogP contribution in [0.4, 0.5) is 0 Å². The second-order valence-corrected chi connectivity index (χ2v) is 8.32. The van der Waals surface area contributed by atoms with E-state index in [4.69, 9.17) is 21.1 Å². The largest absolute Gasteiger partial charge is 0.441 e. The molecule has 1 aliphatic rings. The van der Waals surface area contributed by atoms with Gasteiger partial charge in [0, 0.05) is 23.6 Å². The molecule has 0 aliphatic carbocycles. The lowest BCUT2D eigenvalue weighted by atomic mass is 10.0. The second-order valence-electron chi connectivity index (χ2n) is 6.71. The number of aryl methyl sites for hydroxylation is 1. The minimum atomic E-state index is -0.514. The summed E-state index contributed by atoms with van der Waals surface area (Å²) in [5.41, 5.74) is 3.59. The molecule has 1 atom stereocenters. The summed E-state index contributed by atoms with van der Waals surface area (Å²) < 4.78 is 7.90. The third-order valence-electron chi connectivity index (χ3n) is 4.69. The van der Waals surface area contributed by atoms with Crippen molar-refractivity contribution in [1.29, 1.82) is 0 Å². The van der Waals surface area contributed by atoms with Gasteiger partial charge in [-0.2, -0.15) is 14.5 Å². The molecule has 0 amide bonds. The molecule has 1 unspecified atom stereocenters. The Labute approximate surface area is 180 Å². The van der Waals surface area contributed by atoms with Crippen molar-refractivity contribution in [2.45, 2.75) is 23.8 Å². The zero-order valence-electron chi connectivity index (χ0n) is 15.8. The van der Waals surface area contributed by atoms with Crippen LogP contribution in [0.25, 0.3) is 5.69 Å². The SMILES string of the molecule is Cc1nn(-c2ccc(C3=Nn4cnnc4SC(c4ccc(Cl)cc4)C3)cc2)c(=O)o1. The fourth-order valence-electron chi connectivity index (χ4n) is 3.25. The van der Waals surface area contributed by atoms with Gasteiger partial charge in [0.1, 0.15) is 6.33 Å². The predicted octanol–water partition coefficient (Wildman–Crippen LogP) is 3.87. The summed E-state index contributed by atoms with van der Waals surface area (Å²) in [5.74, 6) is -0.194. The average Bonchev–Trinajstić information content (AvgIpc) is 3.27. The highest BCUT2D eigenvalue weighted by molar-refractivity contribution is 7.99. The molecule has 0 N–H and O–H groups in total. The van der Waals surface area contributed by atoms with Gasteiger partial charge in [-0.1, -0.05) is 47.6 Å². The molecule has 0 saturated carbocycles. The highest BCUT2D eigenvalue weighted by Gasteiger charge is 2.24. The van der Waals surface area contributed by atoms with Gasteiger partial charge < -0.3 is 4.42 Å². The monoisotopic (exact) mass is 438 g/mol. The van der Waals surface area contributed by atoms with Crippen molar-refractivity contribution in [3.05, 3.63) is 87.4 Å². The molecule has 2 aromatic carbocycles. The molecule has 5 rings (SSSR count). The smallest absolute Gasteiger partial charge is 0.392 e. The summed E-state index contributed by atoms with van der Waals surface area (Å²) in [7, 11) is 0. The van der Waals surface area contributed by atoms with Gasteiger partial charge in [0.15, 0.2) is 0 Å². The quantitative estimate of drug-likeness (QED) is 0.482. The number of rotatable bonds is 3. The van der Waals surface area contributed by atoms with Gasteiger partial charge in [-0.25, -0.2) is 4.79 Å². The molecular formula is C20H15ClN6O2S. The summed E-state index contributed by atoms with van der Waals surface area (Å²) in [6.45, 7) is 1.64. The van der Waals surface area contributed by atoms with Crippen molar-refractivity contribution >= 4 is 29.1 Å². The number of halogens is 1. The molecule has 10 heteroatoms. The molecule has 0 radical (unpaired) electrons. The van der Waals surface area contributed by atoms with Crippen LogP contribution in [0.5, 0.6) is 0 Å². The van der Waals surface area contributed by atoms with Crippen molar-refractivity contribution in [2.24, 2.45) is 5.10 Å². The minimum absolute atomic E-state index is 0.104. The fourth-order valence-corrected chi connectivity index (χ4v) is 4.45. The Morgan fingerprint density at radius 1 is 1.13 bits per heavy atom. The van der Waals surface area contributed by atoms with E-state index in [9.17, 15) is 4.79 Å². The summed E-state index contributed by atoms with van der Waals surface area (Å²) in [4.78, 5) is 11.9. The Balaban J connectivity index is 1.51. The number of nitrogens with zero attached hydrogens (tertiary/aromatic N) is 6. The van der Waals surface area contributed by atoms with E-state index in [1.54, 1.807) is 29.7 Å². The lowest BCUT2D eigenvalue weighted by Gasteiger charge is -2.15. The topological polar surface area (TPSA) is 91.1 Å². The maximum absolute atomic E-state index is 11.9. The van der Waals surface area contributed by atoms with Gasteiger partial charge in [0.25, 0.3) is 0 Å². The van der Waals surface area contributed by atoms with Crippen molar-refractivity contribution in [1.82, 2.24) is 24.7 Å². The molecular weight excluding hydrogens is 424 g/mol. The van der Waals surface area contributed by atoms with E-state index < -0.39 is 5.76 Å². The molecule has 150 valence electrons. The van der Waals surface area contributed by atoms with E-state index >= 15 is 0 Å². The Morgan fingerprint density at radius 2 is 1.90 bits per heavy atom. The standard InChI is InChI=1S/C20H15ClN6O2S/c1-12-24-27(20(28)29-12)16-8-4-13(5-9-16)17-10-18(14-2-6-15(21)7-3-14)30-19-23-22-11-26(19)25-17/h2-9,11,18H,10H2,1H3. The summed E-state index contributed by atoms with van der Waals surface area (Å²) in [6, 6.07) is 15.3. The van der Waals surface area contributed by atoms with Gasteiger partial charge in [0.05, 0.1) is 11.4 Å². The summed E-state index contributed by atoms with van der Waals surface area (Å²) >= 11 is 7.67. The van der Waals surface area contributed by atoms with Crippen LogP contribution in [-0.4, -0.2) is 30.4 Å². The van der Waals surface area contributed by atoms with Crippen molar-refractivity contribution in [3.8, 4) is 5.69 Å². The minimum Gasteiger partial charge on any atom is -0.392 e. The second kappa shape index (κ2) is 7.58. The van der Waals surface area contributed by atoms with Crippen LogP contribution in [0.2, 0.25) is 5.02 Å². The highest BCUT2D eigenvalue weighted by Crippen LogP contribution is 2.40. The maximum atomic E-state index is 11.9. The van der Waals surface area contributed by atoms with Crippen LogP contribution in [0.3, 0.4) is 0 Å². The van der Waals surface area contributed by atoms with Gasteiger partial charge in [-0.15, -0.1) is 15.3 Å². The fraction of sp³-hybridized carbons (Fsp3) is 0.150. The molecule has 1 aliphatic heterocycles. The third-order valence-corrected chi connectivity index (χ3v) is 6.15. The normalized spacial score (nSPS) is 16.1. The van der Waals surface area contributed by atoms with Crippen LogP contribution in [0.15, 0.2) is 74.3 Å². The van der Waals surface area contributed by atoms with E-state index in [0.717, 1.165) is 22.0 Å². The Hall–Kier alpha value is -3.17. The van der Waals surface area contributed by atoms with E-state index in [-0.39, 0.29) is 5.25 Å². The van der Waals surface area contributed by atoms with E-state index in [1.165, 1.54) is 4.68 Å². The number of aromatic nitrogens is 5. The zero-order valence-corrected chi connectivity index (χ0v) is 17.3. The average molecular weight is 439 g/mol. The third kappa shape index (κ3) is 3.57. The lowest BCUT2D eigenvalue weighted by molar-refractivity contribution is 0.477. The number of hydrogen-bond donors (Lipinski definition) is 0. The molecule has 30 heavy (non-hydrogen) atoms. The van der Waals surface area contributed by atoms with Crippen molar-refractivity contribution in [2.75, 3.05) is 0 Å². The van der Waals surface area contributed by atoms with Crippen molar-refractivity contribution < 1.29 is 4.42 Å². The number of benzene rings is 2. The van der Waals surface area contributed by atoms with Gasteiger partial charge in [-0.05, 0) is 35.4 Å². The van der Waals surface area contributed by atoms with E-state index in [1.807, 2.05) is 48.5 Å². The van der Waals surface area contributed by atoms with Crippen LogP contribution < -0.4 is 5.76 Å². The molecule has 0 saturated heterocycles. The molecule has 0 spiro atoms. The number of thioether (sulfide) groups is 1. The highest BCUT2D eigenvalue weighted by atomic mass is 35.5. The zero-order chi connectivity index (χ0) is 20.7. The van der Waals surface area contributed by atoms with Crippen LogP contribution in [0, 0.1) is 6.92 Å². The Bertz CT molecular complexity index is 1290. The Kier molecular flexibility index (Phi) is 4.76. The van der Waals surface area contributed by atoms with Gasteiger partial charge >= 0.3 is 5.76 Å². The molecule has 0 bridgehead atoms. The first-order valence-corrected chi connectivity index (χ1v) is 10.4. The van der Waals surface area contributed by atoms with E-state index in [0.29, 0.717) is 23.0 Å². The number of hydrogen-bond acceptors (Lipinski definition) is 7.